The van der Waals surface area contributed by atoms with Crippen LogP contribution in [0.1, 0.15) is 80.1 Å². The van der Waals surface area contributed by atoms with Crippen molar-refractivity contribution in [2.75, 3.05) is 39.3 Å². The van der Waals surface area contributed by atoms with Crippen molar-refractivity contribution in [2.24, 2.45) is 5.73 Å². The first kappa shape index (κ1) is 25.8. The molecule has 3 nitrogen and oxygen atoms in total. The van der Waals surface area contributed by atoms with Gasteiger partial charge in [0.25, 0.3) is 0 Å². The first-order valence-corrected chi connectivity index (χ1v) is 9.31. The molecule has 0 rings (SSSR count). The minimum Gasteiger partial charge on any atom is -0.330 e. The zero-order valence-corrected chi connectivity index (χ0v) is 16.0. The van der Waals surface area contributed by atoms with Crippen LogP contribution in [0.15, 0.2) is 0 Å². The van der Waals surface area contributed by atoms with E-state index in [-0.39, 0.29) is 0 Å². The number of rotatable bonds is 11. The first-order valence-electron chi connectivity index (χ1n) is 9.31. The summed E-state index contributed by atoms with van der Waals surface area (Å²) in [5, 5.41) is 3.28. The third-order valence-corrected chi connectivity index (χ3v) is 2.76. The van der Waals surface area contributed by atoms with Crippen LogP contribution in [0.25, 0.3) is 0 Å². The van der Waals surface area contributed by atoms with Crippen LogP contribution in [0.3, 0.4) is 0 Å². The molecule has 0 aliphatic heterocycles. The van der Waals surface area contributed by atoms with Gasteiger partial charge in [-0.3, -0.25) is 0 Å². The van der Waals surface area contributed by atoms with Crippen molar-refractivity contribution < 1.29 is 0 Å². The highest BCUT2D eigenvalue weighted by Gasteiger charge is 1.98. The van der Waals surface area contributed by atoms with Gasteiger partial charge in [0.2, 0.25) is 0 Å². The van der Waals surface area contributed by atoms with Crippen LogP contribution in [-0.4, -0.2) is 44.2 Å². The van der Waals surface area contributed by atoms with Crippen molar-refractivity contribution in [2.45, 2.75) is 80.1 Å². The number of nitrogens with zero attached hydrogens (tertiary/aromatic N) is 1. The topological polar surface area (TPSA) is 41.3 Å². The molecule has 0 atom stereocenters. The summed E-state index contributed by atoms with van der Waals surface area (Å²) < 4.78 is 0. The maximum absolute atomic E-state index is 5.03. The Labute approximate surface area is 136 Å². The normalized spacial score (nSPS) is 9.71. The molecule has 0 saturated heterocycles. The maximum Gasteiger partial charge on any atom is -0.00214 e. The Morgan fingerprint density at radius 1 is 0.619 bits per heavy atom. The fourth-order valence-corrected chi connectivity index (χ4v) is 1.76. The van der Waals surface area contributed by atoms with Gasteiger partial charge in [0.15, 0.2) is 0 Å². The maximum atomic E-state index is 5.03. The fourth-order valence-electron chi connectivity index (χ4n) is 1.76. The van der Waals surface area contributed by atoms with Gasteiger partial charge in [0.1, 0.15) is 0 Å². The largest absolute Gasteiger partial charge is 0.330 e. The van der Waals surface area contributed by atoms with E-state index in [0.717, 1.165) is 13.0 Å². The number of nitrogens with two attached hydrogens (primary N) is 1. The predicted octanol–water partition coefficient (Wildman–Crippen LogP) is 4.27. The Balaban J connectivity index is -0.000000256. The van der Waals surface area contributed by atoms with Gasteiger partial charge in [-0.05, 0) is 77.8 Å². The van der Waals surface area contributed by atoms with E-state index in [2.05, 4.69) is 51.8 Å². The van der Waals surface area contributed by atoms with E-state index in [1.54, 1.807) is 0 Å². The fraction of sp³-hybridized carbons (Fsp3) is 1.00. The SMILES string of the molecule is CCCN.CCCN(CCC)CCC.CCCNCCC. The molecule has 0 saturated carbocycles. The van der Waals surface area contributed by atoms with Crippen molar-refractivity contribution in [1.29, 1.82) is 0 Å². The van der Waals surface area contributed by atoms with Gasteiger partial charge in [0.05, 0.1) is 0 Å². The zero-order valence-electron chi connectivity index (χ0n) is 16.0. The van der Waals surface area contributed by atoms with E-state index < -0.39 is 0 Å². The highest BCUT2D eigenvalue weighted by atomic mass is 15.1. The van der Waals surface area contributed by atoms with Gasteiger partial charge < -0.3 is 16.0 Å². The lowest BCUT2D eigenvalue weighted by atomic mass is 10.3. The van der Waals surface area contributed by atoms with E-state index in [1.807, 2.05) is 0 Å². The highest BCUT2D eigenvalue weighted by molar-refractivity contribution is 4.53. The molecule has 0 aliphatic rings. The minimum atomic E-state index is 0.819. The molecule has 3 heteroatoms. The van der Waals surface area contributed by atoms with Crippen molar-refractivity contribution in [3.05, 3.63) is 0 Å². The summed E-state index contributed by atoms with van der Waals surface area (Å²) in [5.41, 5.74) is 5.03. The molecule has 3 N–H and O–H groups in total. The molecule has 0 radical (unpaired) electrons. The smallest absolute Gasteiger partial charge is 0.00214 e. The van der Waals surface area contributed by atoms with E-state index in [0.29, 0.717) is 0 Å². The van der Waals surface area contributed by atoms with Gasteiger partial charge in [-0.1, -0.05) is 41.5 Å². The zero-order chi connectivity index (χ0) is 16.8. The second-order valence-corrected chi connectivity index (χ2v) is 5.38. The van der Waals surface area contributed by atoms with E-state index in [4.69, 9.17) is 5.73 Å². The molecule has 21 heavy (non-hydrogen) atoms. The molecule has 0 aromatic rings. The lowest BCUT2D eigenvalue weighted by Crippen LogP contribution is -2.25. The average Bonchev–Trinajstić information content (AvgIpc) is 2.50. The summed E-state index contributed by atoms with van der Waals surface area (Å²) in [6.07, 6.45) is 7.47. The lowest BCUT2D eigenvalue weighted by Gasteiger charge is -2.19. The minimum absolute atomic E-state index is 0.819. The van der Waals surface area contributed by atoms with Gasteiger partial charge in [-0.25, -0.2) is 0 Å². The summed E-state index contributed by atoms with van der Waals surface area (Å²) in [5.74, 6) is 0. The second-order valence-electron chi connectivity index (χ2n) is 5.38. The molecule has 0 aromatic carbocycles. The van der Waals surface area contributed by atoms with Crippen molar-refractivity contribution in [3.8, 4) is 0 Å². The molecule has 0 heterocycles. The quantitative estimate of drug-likeness (QED) is 0.560. The highest BCUT2D eigenvalue weighted by Crippen LogP contribution is 1.94. The molecule has 0 aliphatic carbocycles. The molecular weight excluding hydrogens is 258 g/mol. The van der Waals surface area contributed by atoms with Gasteiger partial charge in [-0.15, -0.1) is 0 Å². The summed E-state index contributed by atoms with van der Waals surface area (Å²) in [4.78, 5) is 2.54. The molecule has 132 valence electrons. The molecule has 0 fully saturated rings. The van der Waals surface area contributed by atoms with Crippen molar-refractivity contribution in [3.63, 3.8) is 0 Å². The molecule has 0 amide bonds. The Morgan fingerprint density at radius 2 is 0.952 bits per heavy atom. The summed E-state index contributed by atoms with van der Waals surface area (Å²) in [7, 11) is 0. The van der Waals surface area contributed by atoms with Crippen LogP contribution in [0.2, 0.25) is 0 Å². The average molecular weight is 304 g/mol. The number of nitrogens with one attached hydrogen (secondary N) is 1. The molecule has 0 bridgehead atoms. The summed E-state index contributed by atoms with van der Waals surface area (Å²) in [6, 6.07) is 0. The summed E-state index contributed by atoms with van der Waals surface area (Å²) in [6.45, 7) is 20.2. The second kappa shape index (κ2) is 28.1. The molecule has 0 unspecified atom stereocenters. The van der Waals surface area contributed by atoms with Crippen LogP contribution in [0, 0.1) is 0 Å². The van der Waals surface area contributed by atoms with E-state index >= 15 is 0 Å². The third-order valence-electron chi connectivity index (χ3n) is 2.76. The third kappa shape index (κ3) is 33.0. The Bertz CT molecular complexity index is 120. The monoisotopic (exact) mass is 303 g/mol. The van der Waals surface area contributed by atoms with Crippen LogP contribution in [-0.2, 0) is 0 Å². The van der Waals surface area contributed by atoms with Crippen LogP contribution >= 0.6 is 0 Å². The van der Waals surface area contributed by atoms with Gasteiger partial charge in [0, 0.05) is 0 Å². The van der Waals surface area contributed by atoms with E-state index in [9.17, 15) is 0 Å². The lowest BCUT2D eigenvalue weighted by molar-refractivity contribution is 0.275. The molecule has 0 spiro atoms. The van der Waals surface area contributed by atoms with Crippen LogP contribution < -0.4 is 11.1 Å². The Morgan fingerprint density at radius 3 is 1.14 bits per heavy atom. The Kier molecular flexibility index (Phi) is 34.5. The van der Waals surface area contributed by atoms with Crippen molar-refractivity contribution >= 4 is 0 Å². The number of hydrogen-bond acceptors (Lipinski definition) is 3. The van der Waals surface area contributed by atoms with Crippen LogP contribution in [0.4, 0.5) is 0 Å². The van der Waals surface area contributed by atoms with Crippen molar-refractivity contribution in [1.82, 2.24) is 10.2 Å². The van der Waals surface area contributed by atoms with Gasteiger partial charge >= 0.3 is 0 Å². The first-order chi connectivity index (χ1) is 10.2. The molecular formula is C18H45N3. The summed E-state index contributed by atoms with van der Waals surface area (Å²) >= 11 is 0. The standard InChI is InChI=1S/C9H21N.C6H15N.C3H9N/c1-4-7-10(8-5-2)9-6-3;1-3-5-7-6-4-2;1-2-3-4/h4-9H2,1-3H3;7H,3-6H2,1-2H3;2-4H2,1H3. The van der Waals surface area contributed by atoms with Crippen LogP contribution in [0.5, 0.6) is 0 Å². The number of hydrogen-bond donors (Lipinski definition) is 2. The van der Waals surface area contributed by atoms with Gasteiger partial charge in [-0.2, -0.15) is 0 Å². The Hall–Kier alpha value is -0.120. The molecule has 0 aromatic heterocycles. The predicted molar refractivity (Wildman–Crippen MR) is 100 cm³/mol. The van der Waals surface area contributed by atoms with E-state index in [1.165, 1.54) is 64.8 Å².